The Morgan fingerprint density at radius 2 is 1.85 bits per heavy atom. The van der Waals surface area contributed by atoms with E-state index in [1.54, 1.807) is 12.1 Å². The maximum atomic E-state index is 12.7. The van der Waals surface area contributed by atoms with Gasteiger partial charge in [-0.1, -0.05) is 48.5 Å². The van der Waals surface area contributed by atoms with Crippen LogP contribution < -0.4 is 0 Å². The Bertz CT molecular complexity index is 798. The molecule has 4 nitrogen and oxygen atoms in total. The van der Waals surface area contributed by atoms with Gasteiger partial charge in [0.05, 0.1) is 6.04 Å². The molecule has 2 aromatic carbocycles. The van der Waals surface area contributed by atoms with Crippen LogP contribution in [0.2, 0.25) is 0 Å². The van der Waals surface area contributed by atoms with Crippen molar-refractivity contribution in [1.82, 2.24) is 4.90 Å². The highest BCUT2D eigenvalue weighted by atomic mass is 16.6. The van der Waals surface area contributed by atoms with Gasteiger partial charge in [0.2, 0.25) is 0 Å². The van der Waals surface area contributed by atoms with Crippen molar-refractivity contribution >= 4 is 11.7 Å². The highest BCUT2D eigenvalue weighted by molar-refractivity contribution is 5.74. The highest BCUT2D eigenvalue weighted by Gasteiger charge is 2.38. The van der Waals surface area contributed by atoms with E-state index in [1.165, 1.54) is 5.57 Å². The first-order chi connectivity index (χ1) is 12.7. The van der Waals surface area contributed by atoms with Crippen LogP contribution in [0.25, 0.3) is 5.57 Å². The monoisotopic (exact) mass is 349 g/mol. The molecule has 0 aliphatic carbocycles. The van der Waals surface area contributed by atoms with Crippen molar-refractivity contribution in [3.05, 3.63) is 71.8 Å². The molecule has 4 heteroatoms. The first kappa shape index (κ1) is 16.7. The summed E-state index contributed by atoms with van der Waals surface area (Å²) in [6.45, 7) is 0.310. The predicted molar refractivity (Wildman–Crippen MR) is 101 cm³/mol. The van der Waals surface area contributed by atoms with Crippen LogP contribution in [0.1, 0.15) is 36.8 Å². The fourth-order valence-electron chi connectivity index (χ4n) is 4.00. The molecule has 2 aliphatic rings. The van der Waals surface area contributed by atoms with Gasteiger partial charge in [0.25, 0.3) is 0 Å². The molecule has 0 spiro atoms. The maximum Gasteiger partial charge on any atom is 0.410 e. The second-order valence-corrected chi connectivity index (χ2v) is 7.04. The first-order valence-electron chi connectivity index (χ1n) is 9.20. The van der Waals surface area contributed by atoms with Crippen LogP contribution in [0.3, 0.4) is 0 Å². The molecular weight excluding hydrogens is 326 g/mol. The summed E-state index contributed by atoms with van der Waals surface area (Å²) < 4.78 is 5.59. The maximum absolute atomic E-state index is 12.7. The van der Waals surface area contributed by atoms with E-state index in [-0.39, 0.29) is 23.9 Å². The summed E-state index contributed by atoms with van der Waals surface area (Å²) in [6.07, 6.45) is 5.93. The Labute approximate surface area is 153 Å². The lowest BCUT2D eigenvalue weighted by Crippen LogP contribution is -2.51. The zero-order valence-corrected chi connectivity index (χ0v) is 14.7. The van der Waals surface area contributed by atoms with Crippen molar-refractivity contribution in [2.24, 2.45) is 0 Å². The number of rotatable bonds is 3. The molecule has 0 radical (unpaired) electrons. The number of amides is 1. The number of fused-ring (bicyclic) bond motifs is 2. The van der Waals surface area contributed by atoms with E-state index >= 15 is 0 Å². The van der Waals surface area contributed by atoms with E-state index in [4.69, 9.17) is 4.74 Å². The van der Waals surface area contributed by atoms with Crippen LogP contribution in [0.4, 0.5) is 4.79 Å². The molecular formula is C22H23NO3. The number of phenols is 1. The number of carbonyl (C=O) groups excluding carboxylic acids is 1. The van der Waals surface area contributed by atoms with Crippen LogP contribution in [-0.4, -0.2) is 28.2 Å². The number of nitrogens with zero attached hydrogens (tertiary/aromatic N) is 1. The number of phenolic OH excluding ortho intramolecular Hbond substituents is 1. The molecule has 1 amide bonds. The Kier molecular flexibility index (Phi) is 4.65. The molecule has 134 valence electrons. The van der Waals surface area contributed by atoms with Crippen LogP contribution in [0, 0.1) is 0 Å². The number of piperidine rings is 1. The van der Waals surface area contributed by atoms with Gasteiger partial charge in [-0.05, 0) is 54.5 Å². The van der Waals surface area contributed by atoms with Crippen LogP contribution in [0.5, 0.6) is 5.75 Å². The van der Waals surface area contributed by atoms with Gasteiger partial charge in [-0.3, -0.25) is 4.90 Å². The van der Waals surface area contributed by atoms with Crippen molar-refractivity contribution in [2.75, 3.05) is 0 Å². The molecule has 26 heavy (non-hydrogen) atoms. The van der Waals surface area contributed by atoms with Gasteiger partial charge in [-0.2, -0.15) is 0 Å². The van der Waals surface area contributed by atoms with Gasteiger partial charge in [0.15, 0.2) is 0 Å². The molecule has 2 aromatic rings. The average Bonchev–Trinajstić information content (AvgIpc) is 2.66. The minimum absolute atomic E-state index is 0.0922. The summed E-state index contributed by atoms with van der Waals surface area (Å²) in [5, 5.41) is 9.50. The summed E-state index contributed by atoms with van der Waals surface area (Å²) in [6, 6.07) is 17.4. The van der Waals surface area contributed by atoms with Crippen LogP contribution in [-0.2, 0) is 11.3 Å². The van der Waals surface area contributed by atoms with E-state index in [0.717, 1.165) is 36.8 Å². The van der Waals surface area contributed by atoms with Crippen molar-refractivity contribution in [1.29, 1.82) is 0 Å². The largest absolute Gasteiger partial charge is 0.508 e. The first-order valence-corrected chi connectivity index (χ1v) is 9.20. The minimum Gasteiger partial charge on any atom is -0.508 e. The number of hydrogen-bond donors (Lipinski definition) is 1. The summed E-state index contributed by atoms with van der Waals surface area (Å²) in [5.41, 5.74) is 3.38. The molecule has 2 atom stereocenters. The summed E-state index contributed by atoms with van der Waals surface area (Å²) in [7, 11) is 0. The lowest BCUT2D eigenvalue weighted by Gasteiger charge is -2.44. The lowest BCUT2D eigenvalue weighted by atomic mass is 9.83. The van der Waals surface area contributed by atoms with Crippen molar-refractivity contribution < 1.29 is 14.6 Å². The molecule has 2 aliphatic heterocycles. The van der Waals surface area contributed by atoms with Crippen molar-refractivity contribution in [2.45, 2.75) is 44.4 Å². The lowest BCUT2D eigenvalue weighted by molar-refractivity contribution is 0.0510. The smallest absolute Gasteiger partial charge is 0.410 e. The van der Waals surface area contributed by atoms with E-state index in [1.807, 2.05) is 47.4 Å². The minimum atomic E-state index is -0.218. The van der Waals surface area contributed by atoms with Gasteiger partial charge in [0.1, 0.15) is 12.4 Å². The van der Waals surface area contributed by atoms with Crippen molar-refractivity contribution in [3.8, 4) is 5.75 Å². The SMILES string of the molecule is O=C(OCc1ccccc1)N1C2C=C(c3ccc(O)cc3)CC1CCC2. The molecule has 2 heterocycles. The summed E-state index contributed by atoms with van der Waals surface area (Å²) in [4.78, 5) is 14.6. The van der Waals surface area contributed by atoms with Gasteiger partial charge in [-0.15, -0.1) is 0 Å². The van der Waals surface area contributed by atoms with Crippen LogP contribution in [0.15, 0.2) is 60.7 Å². The third kappa shape index (κ3) is 3.45. The molecule has 0 saturated carbocycles. The Morgan fingerprint density at radius 1 is 1.08 bits per heavy atom. The van der Waals surface area contributed by atoms with E-state index < -0.39 is 0 Å². The van der Waals surface area contributed by atoms with E-state index in [2.05, 4.69) is 6.08 Å². The van der Waals surface area contributed by atoms with Gasteiger partial charge in [-0.25, -0.2) is 4.79 Å². The van der Waals surface area contributed by atoms with Gasteiger partial charge in [0, 0.05) is 6.04 Å². The number of hydrogen-bond acceptors (Lipinski definition) is 3. The molecule has 2 bridgehead atoms. The second kappa shape index (κ2) is 7.24. The van der Waals surface area contributed by atoms with Crippen molar-refractivity contribution in [3.63, 3.8) is 0 Å². The standard InChI is InChI=1S/C22H23NO3/c24-21-11-9-17(10-12-21)18-13-19-7-4-8-20(14-18)23(19)22(25)26-15-16-5-2-1-3-6-16/h1-3,5-6,9-13,19-20,24H,4,7-8,14-15H2. The van der Waals surface area contributed by atoms with Crippen LogP contribution >= 0.6 is 0 Å². The normalized spacial score (nSPS) is 21.8. The zero-order chi connectivity index (χ0) is 17.9. The number of ether oxygens (including phenoxy) is 1. The van der Waals surface area contributed by atoms with Gasteiger partial charge >= 0.3 is 6.09 Å². The Hall–Kier alpha value is -2.75. The molecule has 0 aromatic heterocycles. The van der Waals surface area contributed by atoms with E-state index in [9.17, 15) is 9.90 Å². The Balaban J connectivity index is 1.49. The fourth-order valence-corrected chi connectivity index (χ4v) is 4.00. The summed E-state index contributed by atoms with van der Waals surface area (Å²) >= 11 is 0. The fraction of sp³-hybridized carbons (Fsp3) is 0.318. The Morgan fingerprint density at radius 3 is 2.58 bits per heavy atom. The van der Waals surface area contributed by atoms with Gasteiger partial charge < -0.3 is 9.84 Å². The zero-order valence-electron chi connectivity index (χ0n) is 14.7. The average molecular weight is 349 g/mol. The molecule has 1 saturated heterocycles. The third-order valence-electron chi connectivity index (χ3n) is 5.29. The topological polar surface area (TPSA) is 49.8 Å². The third-order valence-corrected chi connectivity index (χ3v) is 5.29. The molecule has 4 rings (SSSR count). The quantitative estimate of drug-likeness (QED) is 0.871. The molecule has 1 fully saturated rings. The predicted octanol–water partition coefficient (Wildman–Crippen LogP) is 4.74. The number of benzene rings is 2. The van der Waals surface area contributed by atoms with E-state index in [0.29, 0.717) is 6.61 Å². The second-order valence-electron chi connectivity index (χ2n) is 7.04. The number of aromatic hydroxyl groups is 1. The molecule has 2 unspecified atom stereocenters. The molecule has 1 N–H and O–H groups in total. The highest BCUT2D eigenvalue weighted by Crippen LogP contribution is 2.37. The number of carbonyl (C=O) groups is 1. The summed E-state index contributed by atoms with van der Waals surface area (Å²) in [5.74, 6) is 0.275.